The van der Waals surface area contributed by atoms with Crippen molar-refractivity contribution in [1.29, 1.82) is 0 Å². The summed E-state index contributed by atoms with van der Waals surface area (Å²) < 4.78 is 0. The fourth-order valence-corrected chi connectivity index (χ4v) is 2.94. The molecule has 1 nitrogen and oxygen atoms in total. The van der Waals surface area contributed by atoms with Gasteiger partial charge in [-0.15, -0.1) is 0 Å². The van der Waals surface area contributed by atoms with E-state index in [9.17, 15) is 0 Å². The van der Waals surface area contributed by atoms with E-state index in [1.54, 1.807) is 0 Å². The first-order valence-corrected chi connectivity index (χ1v) is 7.65. The lowest BCUT2D eigenvalue weighted by Crippen LogP contribution is -2.33. The zero-order chi connectivity index (χ0) is 12.8. The van der Waals surface area contributed by atoms with Gasteiger partial charge in [0.2, 0.25) is 0 Å². The SMILES string of the molecule is CCCCCN1CCC(c2ccc(Cl)cc2)CC1. The Bertz CT molecular complexity index is 339. The van der Waals surface area contributed by atoms with Gasteiger partial charge in [0.25, 0.3) is 0 Å². The maximum atomic E-state index is 5.94. The normalized spacial score (nSPS) is 18.1. The van der Waals surface area contributed by atoms with Crippen LogP contribution in [0.25, 0.3) is 0 Å². The van der Waals surface area contributed by atoms with Crippen molar-refractivity contribution in [3.05, 3.63) is 34.9 Å². The summed E-state index contributed by atoms with van der Waals surface area (Å²) in [5.41, 5.74) is 1.47. The van der Waals surface area contributed by atoms with Crippen LogP contribution < -0.4 is 0 Å². The van der Waals surface area contributed by atoms with Gasteiger partial charge in [-0.2, -0.15) is 0 Å². The van der Waals surface area contributed by atoms with Crippen molar-refractivity contribution < 1.29 is 0 Å². The van der Waals surface area contributed by atoms with E-state index in [1.165, 1.54) is 57.3 Å². The van der Waals surface area contributed by atoms with Gasteiger partial charge in [-0.1, -0.05) is 43.5 Å². The second-order valence-electron chi connectivity index (χ2n) is 5.37. The highest BCUT2D eigenvalue weighted by atomic mass is 35.5. The van der Waals surface area contributed by atoms with Gasteiger partial charge in [0.1, 0.15) is 0 Å². The van der Waals surface area contributed by atoms with Gasteiger partial charge in [-0.3, -0.25) is 0 Å². The number of rotatable bonds is 5. The molecule has 1 aliphatic rings. The zero-order valence-electron chi connectivity index (χ0n) is 11.4. The number of hydrogen-bond acceptors (Lipinski definition) is 1. The first-order valence-electron chi connectivity index (χ1n) is 7.27. The number of likely N-dealkylation sites (tertiary alicyclic amines) is 1. The number of piperidine rings is 1. The zero-order valence-corrected chi connectivity index (χ0v) is 12.1. The van der Waals surface area contributed by atoms with Gasteiger partial charge >= 0.3 is 0 Å². The number of nitrogens with zero attached hydrogens (tertiary/aromatic N) is 1. The lowest BCUT2D eigenvalue weighted by Gasteiger charge is -2.32. The summed E-state index contributed by atoms with van der Waals surface area (Å²) in [6.45, 7) is 6.09. The Hall–Kier alpha value is -0.530. The summed E-state index contributed by atoms with van der Waals surface area (Å²) in [6, 6.07) is 8.43. The third-order valence-corrected chi connectivity index (χ3v) is 4.26. The highest BCUT2D eigenvalue weighted by molar-refractivity contribution is 6.30. The quantitative estimate of drug-likeness (QED) is 0.697. The first-order chi connectivity index (χ1) is 8.79. The molecular weight excluding hydrogens is 242 g/mol. The average molecular weight is 266 g/mol. The summed E-state index contributed by atoms with van der Waals surface area (Å²) in [4.78, 5) is 2.63. The van der Waals surface area contributed by atoms with Crippen molar-refractivity contribution in [1.82, 2.24) is 4.90 Å². The predicted octanol–water partition coefficient (Wildman–Crippen LogP) is 4.71. The Morgan fingerprint density at radius 2 is 1.78 bits per heavy atom. The summed E-state index contributed by atoms with van der Waals surface area (Å²) in [7, 11) is 0. The highest BCUT2D eigenvalue weighted by Crippen LogP contribution is 2.28. The Labute approximate surface area is 116 Å². The van der Waals surface area contributed by atoms with Crippen LogP contribution in [0.1, 0.15) is 50.5 Å². The van der Waals surface area contributed by atoms with Crippen LogP contribution in [0.4, 0.5) is 0 Å². The molecule has 1 fully saturated rings. The van der Waals surface area contributed by atoms with Crippen LogP contribution in [0.15, 0.2) is 24.3 Å². The molecule has 0 N–H and O–H groups in total. The van der Waals surface area contributed by atoms with Gasteiger partial charge in [0.05, 0.1) is 0 Å². The molecule has 0 unspecified atom stereocenters. The van der Waals surface area contributed by atoms with E-state index in [1.807, 2.05) is 12.1 Å². The maximum absolute atomic E-state index is 5.94. The van der Waals surface area contributed by atoms with E-state index in [-0.39, 0.29) is 0 Å². The molecule has 100 valence electrons. The van der Waals surface area contributed by atoms with Crippen LogP contribution in [0.5, 0.6) is 0 Å². The summed E-state index contributed by atoms with van der Waals surface area (Å²) >= 11 is 5.94. The minimum atomic E-state index is 0.740. The number of halogens is 1. The van der Waals surface area contributed by atoms with Crippen LogP contribution in [-0.4, -0.2) is 24.5 Å². The number of unbranched alkanes of at least 4 members (excludes halogenated alkanes) is 2. The lowest BCUT2D eigenvalue weighted by atomic mass is 9.89. The van der Waals surface area contributed by atoms with E-state index in [2.05, 4.69) is 24.0 Å². The van der Waals surface area contributed by atoms with Gasteiger partial charge in [0, 0.05) is 5.02 Å². The van der Waals surface area contributed by atoms with E-state index in [4.69, 9.17) is 11.6 Å². The Kier molecular flexibility index (Phi) is 5.52. The molecule has 1 aromatic rings. The molecule has 1 aliphatic heterocycles. The Morgan fingerprint density at radius 3 is 2.39 bits per heavy atom. The maximum Gasteiger partial charge on any atom is 0.0406 e. The molecule has 0 atom stereocenters. The average Bonchev–Trinajstić information content (AvgIpc) is 2.41. The van der Waals surface area contributed by atoms with E-state index < -0.39 is 0 Å². The molecule has 0 spiro atoms. The van der Waals surface area contributed by atoms with Crippen molar-refractivity contribution >= 4 is 11.6 Å². The fraction of sp³-hybridized carbons (Fsp3) is 0.625. The second kappa shape index (κ2) is 7.16. The molecule has 0 aliphatic carbocycles. The molecule has 0 saturated carbocycles. The Balaban J connectivity index is 1.77. The largest absolute Gasteiger partial charge is 0.303 e. The third kappa shape index (κ3) is 4.00. The predicted molar refractivity (Wildman–Crippen MR) is 79.4 cm³/mol. The molecule has 0 amide bonds. The molecule has 0 aromatic heterocycles. The molecule has 1 saturated heterocycles. The molecule has 2 rings (SSSR count). The van der Waals surface area contributed by atoms with Crippen LogP contribution in [0, 0.1) is 0 Å². The van der Waals surface area contributed by atoms with Crippen LogP contribution in [0.2, 0.25) is 5.02 Å². The third-order valence-electron chi connectivity index (χ3n) is 4.01. The standard InChI is InChI=1S/C16H24ClN/c1-2-3-4-11-18-12-9-15(10-13-18)14-5-7-16(17)8-6-14/h5-8,15H,2-4,9-13H2,1H3. The summed E-state index contributed by atoms with van der Waals surface area (Å²) in [6.07, 6.45) is 6.65. The Morgan fingerprint density at radius 1 is 1.11 bits per heavy atom. The van der Waals surface area contributed by atoms with Crippen molar-refractivity contribution in [2.75, 3.05) is 19.6 Å². The van der Waals surface area contributed by atoms with E-state index in [0.717, 1.165) is 10.9 Å². The van der Waals surface area contributed by atoms with E-state index >= 15 is 0 Å². The van der Waals surface area contributed by atoms with Crippen LogP contribution in [0.3, 0.4) is 0 Å². The molecule has 2 heteroatoms. The van der Waals surface area contributed by atoms with Crippen molar-refractivity contribution in [3.8, 4) is 0 Å². The molecule has 1 aromatic carbocycles. The highest BCUT2D eigenvalue weighted by Gasteiger charge is 2.19. The first kappa shape index (κ1) is 13.9. The number of hydrogen-bond donors (Lipinski definition) is 0. The summed E-state index contributed by atoms with van der Waals surface area (Å²) in [5, 5.41) is 0.843. The monoisotopic (exact) mass is 265 g/mol. The minimum Gasteiger partial charge on any atom is -0.303 e. The second-order valence-corrected chi connectivity index (χ2v) is 5.81. The van der Waals surface area contributed by atoms with Gasteiger partial charge in [-0.25, -0.2) is 0 Å². The van der Waals surface area contributed by atoms with E-state index in [0.29, 0.717) is 0 Å². The molecular formula is C16H24ClN. The van der Waals surface area contributed by atoms with Crippen molar-refractivity contribution in [3.63, 3.8) is 0 Å². The minimum absolute atomic E-state index is 0.740. The van der Waals surface area contributed by atoms with Crippen molar-refractivity contribution in [2.45, 2.75) is 44.9 Å². The molecule has 18 heavy (non-hydrogen) atoms. The number of benzene rings is 1. The van der Waals surface area contributed by atoms with Gasteiger partial charge in [0.15, 0.2) is 0 Å². The van der Waals surface area contributed by atoms with Crippen molar-refractivity contribution in [2.24, 2.45) is 0 Å². The van der Waals surface area contributed by atoms with Crippen LogP contribution >= 0.6 is 11.6 Å². The van der Waals surface area contributed by atoms with Gasteiger partial charge in [-0.05, 0) is 62.5 Å². The summed E-state index contributed by atoms with van der Waals surface area (Å²) in [5.74, 6) is 0.740. The molecule has 1 heterocycles. The fourth-order valence-electron chi connectivity index (χ4n) is 2.81. The smallest absolute Gasteiger partial charge is 0.0406 e. The molecule has 0 radical (unpaired) electrons. The van der Waals surface area contributed by atoms with Crippen LogP contribution in [-0.2, 0) is 0 Å². The van der Waals surface area contributed by atoms with Gasteiger partial charge < -0.3 is 4.90 Å². The lowest BCUT2D eigenvalue weighted by molar-refractivity contribution is 0.208. The molecule has 0 bridgehead atoms. The topological polar surface area (TPSA) is 3.24 Å².